The Bertz CT molecular complexity index is 389. The summed E-state index contributed by atoms with van der Waals surface area (Å²) in [5, 5.41) is 6.46. The molecule has 2 saturated heterocycles. The standard InChI is InChI=1S/C16H29N3O2.ClH/c1-16(2,3)15(21)19-9-5-6-12(11-19)14(20)18-13-7-4-8-17-10-13;/h12-13,17H,4-11H2,1-3H3,(H,18,20);1H/t12?,13-;/m0./s1. The lowest BCUT2D eigenvalue weighted by Crippen LogP contribution is -2.52. The SMILES string of the molecule is CC(C)(C)C(=O)N1CCCC(C(=O)N[C@H]2CCCNC2)C1.Cl. The molecule has 0 aromatic heterocycles. The molecule has 2 aliphatic rings. The summed E-state index contributed by atoms with van der Waals surface area (Å²) in [7, 11) is 0. The number of hydrogen-bond donors (Lipinski definition) is 2. The molecule has 0 spiro atoms. The van der Waals surface area contributed by atoms with E-state index >= 15 is 0 Å². The fourth-order valence-corrected chi connectivity index (χ4v) is 3.14. The van der Waals surface area contributed by atoms with E-state index in [-0.39, 0.29) is 41.6 Å². The van der Waals surface area contributed by atoms with Crippen molar-refractivity contribution in [2.75, 3.05) is 26.2 Å². The van der Waals surface area contributed by atoms with Crippen molar-refractivity contribution in [2.45, 2.75) is 52.5 Å². The van der Waals surface area contributed by atoms with Crippen LogP contribution in [0.4, 0.5) is 0 Å². The lowest BCUT2D eigenvalue weighted by molar-refractivity contribution is -0.142. The zero-order valence-corrected chi connectivity index (χ0v) is 14.8. The highest BCUT2D eigenvalue weighted by molar-refractivity contribution is 5.85. The Balaban J connectivity index is 0.00000242. The highest BCUT2D eigenvalue weighted by atomic mass is 35.5. The van der Waals surface area contributed by atoms with Gasteiger partial charge in [-0.1, -0.05) is 20.8 Å². The van der Waals surface area contributed by atoms with Crippen LogP contribution in [0.3, 0.4) is 0 Å². The zero-order valence-electron chi connectivity index (χ0n) is 14.0. The molecule has 2 atom stereocenters. The highest BCUT2D eigenvalue weighted by Gasteiger charge is 2.33. The smallest absolute Gasteiger partial charge is 0.227 e. The highest BCUT2D eigenvalue weighted by Crippen LogP contribution is 2.23. The summed E-state index contributed by atoms with van der Waals surface area (Å²) < 4.78 is 0. The number of likely N-dealkylation sites (tertiary alicyclic amines) is 1. The molecule has 22 heavy (non-hydrogen) atoms. The Kier molecular flexibility index (Phi) is 7.13. The van der Waals surface area contributed by atoms with E-state index in [1.54, 1.807) is 0 Å². The van der Waals surface area contributed by atoms with E-state index in [2.05, 4.69) is 10.6 Å². The van der Waals surface area contributed by atoms with E-state index in [1.807, 2.05) is 25.7 Å². The average molecular weight is 332 g/mol. The normalized spacial score (nSPS) is 26.0. The zero-order chi connectivity index (χ0) is 15.5. The van der Waals surface area contributed by atoms with Crippen molar-refractivity contribution in [2.24, 2.45) is 11.3 Å². The van der Waals surface area contributed by atoms with Crippen LogP contribution in [-0.4, -0.2) is 48.9 Å². The quantitative estimate of drug-likeness (QED) is 0.807. The van der Waals surface area contributed by atoms with Gasteiger partial charge in [-0.25, -0.2) is 0 Å². The van der Waals surface area contributed by atoms with Crippen LogP contribution in [-0.2, 0) is 9.59 Å². The van der Waals surface area contributed by atoms with Crippen LogP contribution in [0.2, 0.25) is 0 Å². The van der Waals surface area contributed by atoms with Crippen molar-refractivity contribution in [1.82, 2.24) is 15.5 Å². The maximum Gasteiger partial charge on any atom is 0.227 e. The molecule has 0 bridgehead atoms. The summed E-state index contributed by atoms with van der Waals surface area (Å²) in [4.78, 5) is 26.6. The number of hydrogen-bond acceptors (Lipinski definition) is 3. The van der Waals surface area contributed by atoms with E-state index in [0.29, 0.717) is 6.54 Å². The average Bonchev–Trinajstić information content (AvgIpc) is 2.46. The van der Waals surface area contributed by atoms with Gasteiger partial charge in [-0.05, 0) is 32.2 Å². The van der Waals surface area contributed by atoms with Gasteiger partial charge in [-0.15, -0.1) is 12.4 Å². The number of carbonyl (C=O) groups is 2. The number of amides is 2. The summed E-state index contributed by atoms with van der Waals surface area (Å²) in [6.45, 7) is 9.08. The number of rotatable bonds is 2. The molecular formula is C16H30ClN3O2. The van der Waals surface area contributed by atoms with Gasteiger partial charge in [-0.3, -0.25) is 9.59 Å². The van der Waals surface area contributed by atoms with Gasteiger partial charge in [0.25, 0.3) is 0 Å². The fraction of sp³-hybridized carbons (Fsp3) is 0.875. The van der Waals surface area contributed by atoms with Crippen LogP contribution >= 0.6 is 12.4 Å². The third-order valence-corrected chi connectivity index (χ3v) is 4.36. The molecule has 0 saturated carbocycles. The summed E-state index contributed by atoms with van der Waals surface area (Å²) in [5.74, 6) is 0.224. The molecular weight excluding hydrogens is 302 g/mol. The minimum absolute atomic E-state index is 0. The van der Waals surface area contributed by atoms with Crippen LogP contribution in [0.25, 0.3) is 0 Å². The second kappa shape index (κ2) is 8.16. The molecule has 1 unspecified atom stereocenters. The van der Waals surface area contributed by atoms with Gasteiger partial charge in [0.2, 0.25) is 11.8 Å². The second-order valence-electron chi connectivity index (χ2n) is 7.39. The van der Waals surface area contributed by atoms with Crippen molar-refractivity contribution in [3.63, 3.8) is 0 Å². The molecule has 2 fully saturated rings. The summed E-state index contributed by atoms with van der Waals surface area (Å²) in [5.41, 5.74) is -0.369. The van der Waals surface area contributed by atoms with Crippen LogP contribution in [0.1, 0.15) is 46.5 Å². The van der Waals surface area contributed by atoms with E-state index in [1.165, 1.54) is 0 Å². The third kappa shape index (κ3) is 5.13. The first kappa shape index (κ1) is 19.2. The van der Waals surface area contributed by atoms with Crippen molar-refractivity contribution < 1.29 is 9.59 Å². The number of carbonyl (C=O) groups excluding carboxylic acids is 2. The van der Waals surface area contributed by atoms with E-state index in [9.17, 15) is 9.59 Å². The second-order valence-corrected chi connectivity index (χ2v) is 7.39. The lowest BCUT2D eigenvalue weighted by atomic mass is 9.90. The summed E-state index contributed by atoms with van der Waals surface area (Å²) >= 11 is 0. The molecule has 0 aromatic carbocycles. The molecule has 2 N–H and O–H groups in total. The molecule has 5 nitrogen and oxygen atoms in total. The first-order valence-corrected chi connectivity index (χ1v) is 8.18. The van der Waals surface area contributed by atoms with Crippen LogP contribution in [0.15, 0.2) is 0 Å². The number of nitrogens with one attached hydrogen (secondary N) is 2. The maximum atomic E-state index is 12.4. The largest absolute Gasteiger partial charge is 0.352 e. The molecule has 2 aliphatic heterocycles. The van der Waals surface area contributed by atoms with E-state index < -0.39 is 0 Å². The molecule has 2 amide bonds. The van der Waals surface area contributed by atoms with Gasteiger partial charge in [0, 0.05) is 31.1 Å². The molecule has 6 heteroatoms. The molecule has 0 radical (unpaired) electrons. The predicted octanol–water partition coefficient (Wildman–Crippen LogP) is 1.56. The van der Waals surface area contributed by atoms with Gasteiger partial charge in [0.15, 0.2) is 0 Å². The molecule has 2 heterocycles. The topological polar surface area (TPSA) is 61.4 Å². The Morgan fingerprint density at radius 3 is 2.50 bits per heavy atom. The van der Waals surface area contributed by atoms with Gasteiger partial charge >= 0.3 is 0 Å². The first-order chi connectivity index (χ1) is 9.88. The van der Waals surface area contributed by atoms with Crippen molar-refractivity contribution in [1.29, 1.82) is 0 Å². The predicted molar refractivity (Wildman–Crippen MR) is 90.0 cm³/mol. The molecule has 0 aliphatic carbocycles. The first-order valence-electron chi connectivity index (χ1n) is 8.18. The van der Waals surface area contributed by atoms with E-state index in [0.717, 1.165) is 45.3 Å². The number of halogens is 1. The Morgan fingerprint density at radius 2 is 1.91 bits per heavy atom. The summed E-state index contributed by atoms with van der Waals surface area (Å²) in [6, 6.07) is 0.250. The number of nitrogens with zero attached hydrogens (tertiary/aromatic N) is 1. The van der Waals surface area contributed by atoms with Gasteiger partial charge in [0.05, 0.1) is 5.92 Å². The molecule has 128 valence electrons. The third-order valence-electron chi connectivity index (χ3n) is 4.36. The van der Waals surface area contributed by atoms with Gasteiger partial charge < -0.3 is 15.5 Å². The van der Waals surface area contributed by atoms with Crippen LogP contribution in [0, 0.1) is 11.3 Å². The lowest BCUT2D eigenvalue weighted by Gasteiger charge is -2.36. The van der Waals surface area contributed by atoms with Gasteiger partial charge in [0.1, 0.15) is 0 Å². The number of piperidine rings is 2. The van der Waals surface area contributed by atoms with Crippen LogP contribution < -0.4 is 10.6 Å². The molecule has 2 rings (SSSR count). The van der Waals surface area contributed by atoms with Crippen molar-refractivity contribution in [3.8, 4) is 0 Å². The van der Waals surface area contributed by atoms with E-state index in [4.69, 9.17) is 0 Å². The van der Waals surface area contributed by atoms with Gasteiger partial charge in [-0.2, -0.15) is 0 Å². The minimum atomic E-state index is -0.369. The van der Waals surface area contributed by atoms with Crippen molar-refractivity contribution >= 4 is 24.2 Å². The Hall–Kier alpha value is -0.810. The maximum absolute atomic E-state index is 12.4. The minimum Gasteiger partial charge on any atom is -0.352 e. The molecule has 0 aromatic rings. The Labute approximate surface area is 140 Å². The van der Waals surface area contributed by atoms with Crippen molar-refractivity contribution in [3.05, 3.63) is 0 Å². The monoisotopic (exact) mass is 331 g/mol. The summed E-state index contributed by atoms with van der Waals surface area (Å²) in [6.07, 6.45) is 3.98. The Morgan fingerprint density at radius 1 is 1.18 bits per heavy atom. The fourth-order valence-electron chi connectivity index (χ4n) is 3.14. The van der Waals surface area contributed by atoms with Crippen LogP contribution in [0.5, 0.6) is 0 Å².